The number of rotatable bonds is 7. The molecule has 0 heterocycles. The largest absolute Gasteiger partial charge is 0.377 e. The van der Waals surface area contributed by atoms with E-state index in [4.69, 9.17) is 4.74 Å². The summed E-state index contributed by atoms with van der Waals surface area (Å²) in [5, 5.41) is 3.63. The Morgan fingerprint density at radius 2 is 2.05 bits per heavy atom. The van der Waals surface area contributed by atoms with Crippen molar-refractivity contribution >= 4 is 15.9 Å². The van der Waals surface area contributed by atoms with E-state index in [2.05, 4.69) is 28.2 Å². The zero-order chi connectivity index (χ0) is 15.3. The second-order valence-electron chi connectivity index (χ2n) is 5.96. The van der Waals surface area contributed by atoms with Crippen LogP contribution in [0.1, 0.15) is 44.6 Å². The van der Waals surface area contributed by atoms with Crippen molar-refractivity contribution in [3.63, 3.8) is 0 Å². The number of hydrogen-bond acceptors (Lipinski definition) is 2. The van der Waals surface area contributed by atoms with Crippen molar-refractivity contribution in [1.29, 1.82) is 0 Å². The van der Waals surface area contributed by atoms with Crippen molar-refractivity contribution in [1.82, 2.24) is 5.32 Å². The monoisotopic (exact) mass is 357 g/mol. The molecular weight excluding hydrogens is 333 g/mol. The van der Waals surface area contributed by atoms with E-state index in [9.17, 15) is 4.39 Å². The maximum Gasteiger partial charge on any atom is 0.124 e. The Balaban J connectivity index is 2.19. The van der Waals surface area contributed by atoms with Gasteiger partial charge in [0.2, 0.25) is 0 Å². The molecule has 2 rings (SSSR count). The highest BCUT2D eigenvalue weighted by atomic mass is 79.9. The van der Waals surface area contributed by atoms with Gasteiger partial charge in [-0.25, -0.2) is 4.39 Å². The number of methoxy groups -OCH3 is 1. The van der Waals surface area contributed by atoms with Crippen LogP contribution in [-0.4, -0.2) is 25.3 Å². The van der Waals surface area contributed by atoms with Crippen molar-refractivity contribution < 1.29 is 9.13 Å². The normalized spacial score (nSPS) is 18.9. The SMILES string of the molecule is CCCNC(Cc1cc(F)cc(Br)c1)C1(OC)CCCC1. The minimum Gasteiger partial charge on any atom is -0.377 e. The molecule has 0 saturated heterocycles. The lowest BCUT2D eigenvalue weighted by Gasteiger charge is -2.37. The van der Waals surface area contributed by atoms with Crippen LogP contribution >= 0.6 is 15.9 Å². The van der Waals surface area contributed by atoms with Gasteiger partial charge in [-0.3, -0.25) is 0 Å². The Labute approximate surface area is 135 Å². The molecule has 1 saturated carbocycles. The number of hydrogen-bond donors (Lipinski definition) is 1. The Bertz CT molecular complexity index is 440. The smallest absolute Gasteiger partial charge is 0.124 e. The van der Waals surface area contributed by atoms with Gasteiger partial charge in [-0.15, -0.1) is 0 Å². The number of benzene rings is 1. The van der Waals surface area contributed by atoms with Crippen molar-refractivity contribution in [3.05, 3.63) is 34.1 Å². The quantitative estimate of drug-likeness (QED) is 0.777. The van der Waals surface area contributed by atoms with Gasteiger partial charge in [0.05, 0.1) is 5.60 Å². The third kappa shape index (κ3) is 4.27. The Morgan fingerprint density at radius 1 is 1.33 bits per heavy atom. The van der Waals surface area contributed by atoms with E-state index < -0.39 is 0 Å². The summed E-state index contributed by atoms with van der Waals surface area (Å²) in [5.41, 5.74) is 0.910. The number of ether oxygens (including phenoxy) is 1. The van der Waals surface area contributed by atoms with Gasteiger partial charge in [0.1, 0.15) is 5.82 Å². The Hall–Kier alpha value is -0.450. The summed E-state index contributed by atoms with van der Waals surface area (Å²) in [7, 11) is 1.81. The van der Waals surface area contributed by atoms with Crippen molar-refractivity contribution in [2.45, 2.75) is 57.1 Å². The summed E-state index contributed by atoms with van der Waals surface area (Å²) in [6.45, 7) is 3.13. The van der Waals surface area contributed by atoms with Gasteiger partial charge in [-0.1, -0.05) is 35.7 Å². The minimum absolute atomic E-state index is 0.103. The Kier molecular flexibility index (Phi) is 6.20. The highest BCUT2D eigenvalue weighted by Crippen LogP contribution is 2.37. The molecule has 1 atom stereocenters. The van der Waals surface area contributed by atoms with E-state index in [0.29, 0.717) is 0 Å². The lowest BCUT2D eigenvalue weighted by molar-refractivity contribution is -0.0354. The number of halogens is 2. The molecule has 0 amide bonds. The fourth-order valence-corrected chi connectivity index (χ4v) is 3.91. The molecule has 0 radical (unpaired) electrons. The highest BCUT2D eigenvalue weighted by molar-refractivity contribution is 9.10. The predicted octanol–water partition coefficient (Wildman–Crippen LogP) is 4.46. The fourth-order valence-electron chi connectivity index (χ4n) is 3.40. The van der Waals surface area contributed by atoms with Gasteiger partial charge in [0.15, 0.2) is 0 Å². The van der Waals surface area contributed by atoms with E-state index >= 15 is 0 Å². The van der Waals surface area contributed by atoms with Crippen LogP contribution in [0.3, 0.4) is 0 Å². The van der Waals surface area contributed by atoms with Crippen molar-refractivity contribution in [2.24, 2.45) is 0 Å². The summed E-state index contributed by atoms with van der Waals surface area (Å²) in [4.78, 5) is 0. The summed E-state index contributed by atoms with van der Waals surface area (Å²) in [6, 6.07) is 5.37. The van der Waals surface area contributed by atoms with E-state index in [1.807, 2.05) is 13.2 Å². The molecule has 0 aliphatic heterocycles. The lowest BCUT2D eigenvalue weighted by atomic mass is 9.87. The average Bonchev–Trinajstić information content (AvgIpc) is 2.92. The van der Waals surface area contributed by atoms with Crippen molar-refractivity contribution in [2.75, 3.05) is 13.7 Å². The molecule has 0 bridgehead atoms. The standard InChI is InChI=1S/C17H25BrFNO/c1-3-8-20-16(17(21-2)6-4-5-7-17)11-13-9-14(18)12-15(19)10-13/h9-10,12,16,20H,3-8,11H2,1-2H3. The third-order valence-corrected chi connectivity index (χ3v) is 4.95. The maximum atomic E-state index is 13.6. The van der Waals surface area contributed by atoms with Crippen LogP contribution < -0.4 is 5.32 Å². The molecule has 0 aromatic heterocycles. The lowest BCUT2D eigenvalue weighted by Crippen LogP contribution is -2.52. The highest BCUT2D eigenvalue weighted by Gasteiger charge is 2.41. The molecule has 0 spiro atoms. The first-order valence-electron chi connectivity index (χ1n) is 7.83. The molecule has 1 aromatic carbocycles. The van der Waals surface area contributed by atoms with Gasteiger partial charge >= 0.3 is 0 Å². The summed E-state index contributed by atoms with van der Waals surface area (Å²) >= 11 is 3.38. The second kappa shape index (κ2) is 7.70. The molecule has 1 aliphatic rings. The molecule has 4 heteroatoms. The molecule has 21 heavy (non-hydrogen) atoms. The van der Waals surface area contributed by atoms with E-state index in [1.54, 1.807) is 6.07 Å². The first-order chi connectivity index (χ1) is 10.1. The molecule has 1 unspecified atom stereocenters. The van der Waals surface area contributed by atoms with Gasteiger partial charge < -0.3 is 10.1 Å². The predicted molar refractivity (Wildman–Crippen MR) is 88.1 cm³/mol. The van der Waals surface area contributed by atoms with Gasteiger partial charge in [-0.2, -0.15) is 0 Å². The summed E-state index contributed by atoms with van der Waals surface area (Å²) < 4.78 is 20.3. The summed E-state index contributed by atoms with van der Waals surface area (Å²) in [6.07, 6.45) is 6.48. The zero-order valence-corrected chi connectivity index (χ0v) is 14.5. The third-order valence-electron chi connectivity index (χ3n) is 4.49. The average molecular weight is 358 g/mol. The van der Waals surface area contributed by atoms with Crippen LogP contribution in [0, 0.1) is 5.82 Å². The fraction of sp³-hybridized carbons (Fsp3) is 0.647. The molecular formula is C17H25BrFNO. The van der Waals surface area contributed by atoms with Crippen LogP contribution in [0.15, 0.2) is 22.7 Å². The maximum absolute atomic E-state index is 13.6. The van der Waals surface area contributed by atoms with Crippen LogP contribution in [-0.2, 0) is 11.2 Å². The van der Waals surface area contributed by atoms with Gasteiger partial charge in [-0.05, 0) is 56.0 Å². The first kappa shape index (κ1) is 16.9. The van der Waals surface area contributed by atoms with Crippen molar-refractivity contribution in [3.8, 4) is 0 Å². The first-order valence-corrected chi connectivity index (χ1v) is 8.62. The molecule has 2 nitrogen and oxygen atoms in total. The van der Waals surface area contributed by atoms with E-state index in [-0.39, 0.29) is 17.5 Å². The van der Waals surface area contributed by atoms with Crippen LogP contribution in [0.2, 0.25) is 0 Å². The molecule has 1 fully saturated rings. The van der Waals surface area contributed by atoms with Gasteiger partial charge in [0, 0.05) is 17.6 Å². The van der Waals surface area contributed by atoms with Gasteiger partial charge in [0.25, 0.3) is 0 Å². The van der Waals surface area contributed by atoms with Crippen LogP contribution in [0.25, 0.3) is 0 Å². The molecule has 1 N–H and O–H groups in total. The zero-order valence-electron chi connectivity index (χ0n) is 12.9. The van der Waals surface area contributed by atoms with Crippen LogP contribution in [0.5, 0.6) is 0 Å². The molecule has 1 aliphatic carbocycles. The van der Waals surface area contributed by atoms with Crippen LogP contribution in [0.4, 0.5) is 4.39 Å². The summed E-state index contributed by atoms with van der Waals surface area (Å²) in [5.74, 6) is -0.188. The van der Waals surface area contributed by atoms with E-state index in [0.717, 1.165) is 42.3 Å². The second-order valence-corrected chi connectivity index (χ2v) is 6.88. The molecule has 118 valence electrons. The Morgan fingerprint density at radius 3 is 2.62 bits per heavy atom. The minimum atomic E-state index is -0.188. The number of nitrogens with one attached hydrogen (secondary N) is 1. The topological polar surface area (TPSA) is 21.3 Å². The molecule has 1 aromatic rings. The van der Waals surface area contributed by atoms with E-state index in [1.165, 1.54) is 18.9 Å².